The lowest BCUT2D eigenvalue weighted by Gasteiger charge is -2.46. The number of hydrogen-bond acceptors (Lipinski definition) is 2. The second-order valence-corrected chi connectivity index (χ2v) is 5.74. The van der Waals surface area contributed by atoms with E-state index in [-0.39, 0.29) is 24.0 Å². The summed E-state index contributed by atoms with van der Waals surface area (Å²) in [6, 6.07) is 0. The van der Waals surface area contributed by atoms with Crippen molar-refractivity contribution in [3.63, 3.8) is 0 Å². The van der Waals surface area contributed by atoms with Gasteiger partial charge in [-0.2, -0.15) is 0 Å². The molecular formula is C11H20ClNO. The molecule has 82 valence electrons. The quantitative estimate of drug-likeness (QED) is 0.649. The van der Waals surface area contributed by atoms with Gasteiger partial charge in [0.2, 0.25) is 0 Å². The number of halogens is 1. The zero-order valence-electron chi connectivity index (χ0n) is 8.48. The van der Waals surface area contributed by atoms with Crippen molar-refractivity contribution >= 4 is 12.4 Å². The Kier molecular flexibility index (Phi) is 2.57. The van der Waals surface area contributed by atoms with E-state index in [1.165, 1.54) is 25.7 Å². The fourth-order valence-corrected chi connectivity index (χ4v) is 4.26. The van der Waals surface area contributed by atoms with Crippen LogP contribution >= 0.6 is 12.4 Å². The lowest BCUT2D eigenvalue weighted by atomic mass is 9.63. The van der Waals surface area contributed by atoms with Gasteiger partial charge in [-0.05, 0) is 56.3 Å². The van der Waals surface area contributed by atoms with Gasteiger partial charge in [-0.15, -0.1) is 12.4 Å². The average molecular weight is 218 g/mol. The van der Waals surface area contributed by atoms with E-state index in [9.17, 15) is 5.11 Å². The van der Waals surface area contributed by atoms with Crippen LogP contribution in [0.4, 0.5) is 0 Å². The molecule has 0 radical (unpaired) electrons. The summed E-state index contributed by atoms with van der Waals surface area (Å²) >= 11 is 0. The van der Waals surface area contributed by atoms with Crippen molar-refractivity contribution in [3.8, 4) is 0 Å². The summed E-state index contributed by atoms with van der Waals surface area (Å²) in [7, 11) is 0. The van der Waals surface area contributed by atoms with Gasteiger partial charge >= 0.3 is 0 Å². The molecular weight excluding hydrogens is 198 g/mol. The van der Waals surface area contributed by atoms with Crippen molar-refractivity contribution < 1.29 is 5.11 Å². The summed E-state index contributed by atoms with van der Waals surface area (Å²) in [4.78, 5) is 0. The second kappa shape index (κ2) is 3.36. The molecule has 4 fully saturated rings. The summed E-state index contributed by atoms with van der Waals surface area (Å²) in [5.41, 5.74) is 6.48. The first kappa shape index (κ1) is 10.7. The van der Waals surface area contributed by atoms with Crippen LogP contribution in [0.25, 0.3) is 0 Å². The van der Waals surface area contributed by atoms with E-state index < -0.39 is 0 Å². The molecule has 3 heteroatoms. The van der Waals surface area contributed by atoms with Crippen LogP contribution in [0.2, 0.25) is 0 Å². The largest absolute Gasteiger partial charge is 0.393 e. The molecule has 4 bridgehead atoms. The van der Waals surface area contributed by atoms with E-state index in [4.69, 9.17) is 5.73 Å². The molecule has 5 atom stereocenters. The maximum Gasteiger partial charge on any atom is 0.0571 e. The molecule has 4 aliphatic rings. The first-order chi connectivity index (χ1) is 6.15. The molecule has 0 aromatic carbocycles. The highest BCUT2D eigenvalue weighted by Crippen LogP contribution is 2.52. The highest BCUT2D eigenvalue weighted by atomic mass is 35.5. The fourth-order valence-electron chi connectivity index (χ4n) is 4.26. The Hall–Kier alpha value is 0.210. The Labute approximate surface area is 91.7 Å². The van der Waals surface area contributed by atoms with Crippen LogP contribution < -0.4 is 5.73 Å². The number of fused-ring (bicyclic) bond motifs is 1. The predicted octanol–water partition coefficient (Wildman–Crippen LogP) is 1.70. The number of rotatable bonds is 0. The molecule has 0 aromatic rings. The van der Waals surface area contributed by atoms with E-state index in [1.807, 2.05) is 0 Å². The number of aliphatic hydroxyl groups excluding tert-OH is 1. The average Bonchev–Trinajstić information content (AvgIpc) is 2.12. The minimum absolute atomic E-state index is 0. The van der Waals surface area contributed by atoms with Crippen LogP contribution in [0.15, 0.2) is 0 Å². The highest BCUT2D eigenvalue weighted by Gasteiger charge is 2.49. The van der Waals surface area contributed by atoms with Gasteiger partial charge in [0.25, 0.3) is 0 Å². The van der Waals surface area contributed by atoms with E-state index in [0.717, 1.165) is 24.7 Å². The van der Waals surface area contributed by atoms with Gasteiger partial charge in [-0.1, -0.05) is 0 Å². The molecule has 0 heterocycles. The highest BCUT2D eigenvalue weighted by molar-refractivity contribution is 5.85. The molecule has 0 aromatic heterocycles. The van der Waals surface area contributed by atoms with Gasteiger partial charge in [0, 0.05) is 5.54 Å². The van der Waals surface area contributed by atoms with Crippen molar-refractivity contribution in [2.45, 2.75) is 50.2 Å². The van der Waals surface area contributed by atoms with Crippen LogP contribution in [-0.2, 0) is 0 Å². The van der Waals surface area contributed by atoms with Gasteiger partial charge < -0.3 is 10.8 Å². The van der Waals surface area contributed by atoms with Crippen LogP contribution in [0.3, 0.4) is 0 Å². The molecule has 0 unspecified atom stereocenters. The number of aliphatic hydroxyl groups is 1. The van der Waals surface area contributed by atoms with E-state index in [1.54, 1.807) is 0 Å². The van der Waals surface area contributed by atoms with E-state index in [0.29, 0.717) is 5.92 Å². The van der Waals surface area contributed by atoms with Crippen molar-refractivity contribution in [2.24, 2.45) is 23.5 Å². The third kappa shape index (κ3) is 1.58. The molecule has 0 spiro atoms. The smallest absolute Gasteiger partial charge is 0.0571 e. The molecule has 4 saturated carbocycles. The van der Waals surface area contributed by atoms with E-state index >= 15 is 0 Å². The lowest BCUT2D eigenvalue weighted by Crippen LogP contribution is -2.50. The number of nitrogens with two attached hydrogens (primary N) is 1. The maximum atomic E-state index is 9.96. The topological polar surface area (TPSA) is 46.2 Å². The summed E-state index contributed by atoms with van der Waals surface area (Å²) < 4.78 is 0. The van der Waals surface area contributed by atoms with Crippen LogP contribution in [0.1, 0.15) is 38.5 Å². The summed E-state index contributed by atoms with van der Waals surface area (Å²) in [5, 5.41) is 9.96. The van der Waals surface area contributed by atoms with Gasteiger partial charge in [0.1, 0.15) is 0 Å². The molecule has 4 aliphatic carbocycles. The lowest BCUT2D eigenvalue weighted by molar-refractivity contribution is 0.0575. The van der Waals surface area contributed by atoms with Crippen LogP contribution in [0.5, 0.6) is 0 Å². The van der Waals surface area contributed by atoms with Crippen molar-refractivity contribution in [3.05, 3.63) is 0 Å². The molecule has 0 saturated heterocycles. The van der Waals surface area contributed by atoms with Crippen molar-refractivity contribution in [1.29, 1.82) is 0 Å². The van der Waals surface area contributed by atoms with Gasteiger partial charge in [-0.25, -0.2) is 0 Å². The minimum atomic E-state index is -0.0410. The summed E-state index contributed by atoms with van der Waals surface area (Å²) in [5.74, 6) is 2.09. The second-order valence-electron chi connectivity index (χ2n) is 5.74. The zero-order valence-corrected chi connectivity index (χ0v) is 9.30. The van der Waals surface area contributed by atoms with Crippen LogP contribution in [0, 0.1) is 17.8 Å². The molecule has 14 heavy (non-hydrogen) atoms. The van der Waals surface area contributed by atoms with Gasteiger partial charge in [0.15, 0.2) is 0 Å². The summed E-state index contributed by atoms with van der Waals surface area (Å²) in [6.07, 6.45) is 7.06. The molecule has 3 N–H and O–H groups in total. The number of hydrogen-bond donors (Lipinski definition) is 2. The molecule has 0 aliphatic heterocycles. The van der Waals surface area contributed by atoms with Gasteiger partial charge in [-0.3, -0.25) is 0 Å². The minimum Gasteiger partial charge on any atom is -0.393 e. The molecule has 0 amide bonds. The molecule has 2 nitrogen and oxygen atoms in total. The van der Waals surface area contributed by atoms with Gasteiger partial charge in [0.05, 0.1) is 6.10 Å². The third-order valence-corrected chi connectivity index (χ3v) is 4.48. The van der Waals surface area contributed by atoms with Crippen molar-refractivity contribution in [2.75, 3.05) is 0 Å². The Bertz CT molecular complexity index is 235. The Balaban J connectivity index is 0.000000750. The first-order valence-electron chi connectivity index (χ1n) is 5.62. The van der Waals surface area contributed by atoms with Crippen molar-refractivity contribution in [1.82, 2.24) is 0 Å². The Morgan fingerprint density at radius 2 is 1.64 bits per heavy atom. The van der Waals surface area contributed by atoms with Crippen LogP contribution in [-0.4, -0.2) is 16.7 Å². The monoisotopic (exact) mass is 217 g/mol. The standard InChI is InChI=1S/C11H19NO.ClH/c12-11-4-7-1-8(5-11)3-10(13)9(2-7)6-11;/h7-10,13H,1-6,12H2;1H/t7-,8+,9+,10-,11-;/m1./s1. The first-order valence-corrected chi connectivity index (χ1v) is 5.62. The Morgan fingerprint density at radius 1 is 1.00 bits per heavy atom. The SMILES string of the molecule is Cl.N[C@@]12C[C@@H]3C[C@@H](C[C@@H](O)[C@@H](C3)C1)C2. The van der Waals surface area contributed by atoms with E-state index in [2.05, 4.69) is 0 Å². The third-order valence-electron chi connectivity index (χ3n) is 4.48. The normalized spacial score (nSPS) is 55.3. The Morgan fingerprint density at radius 3 is 2.29 bits per heavy atom. The predicted molar refractivity (Wildman–Crippen MR) is 58.3 cm³/mol. The summed E-state index contributed by atoms with van der Waals surface area (Å²) in [6.45, 7) is 0. The molecule has 4 rings (SSSR count). The maximum absolute atomic E-state index is 9.96. The fraction of sp³-hybridized carbons (Fsp3) is 1.00. The zero-order chi connectivity index (χ0) is 9.05.